The first-order valence-electron chi connectivity index (χ1n) is 3.27. The van der Waals surface area contributed by atoms with Crippen LogP contribution < -0.4 is 5.73 Å². The Morgan fingerprint density at radius 1 is 1.62 bits per heavy atom. The van der Waals surface area contributed by atoms with Gasteiger partial charge in [0.15, 0.2) is 0 Å². The van der Waals surface area contributed by atoms with Gasteiger partial charge in [0.25, 0.3) is 0 Å². The Balaban J connectivity index is 0. The van der Waals surface area contributed by atoms with Crippen molar-refractivity contribution in [3.05, 3.63) is 12.2 Å². The largest absolute Gasteiger partial charge is 0.397 e. The zero-order valence-electron chi connectivity index (χ0n) is 7.48. The molecule has 0 aromatic rings. The van der Waals surface area contributed by atoms with E-state index in [0.29, 0.717) is 5.57 Å². The van der Waals surface area contributed by atoms with Crippen LogP contribution in [0.1, 0.15) is 13.8 Å². The number of rotatable bonds is 3. The van der Waals surface area contributed by atoms with E-state index in [9.17, 15) is 13.2 Å². The monoisotopic (exact) mass is 211 g/mol. The van der Waals surface area contributed by atoms with Gasteiger partial charge < -0.3 is 5.73 Å². The Morgan fingerprint density at radius 2 is 1.92 bits per heavy atom. The zero-order chi connectivity index (χ0) is 11.1. The van der Waals surface area contributed by atoms with E-state index in [0.717, 1.165) is 0 Å². The van der Waals surface area contributed by atoms with E-state index in [1.807, 2.05) is 0 Å². The van der Waals surface area contributed by atoms with E-state index in [2.05, 4.69) is 10.8 Å². The van der Waals surface area contributed by atoms with Gasteiger partial charge in [-0.1, -0.05) is 6.58 Å². The summed E-state index contributed by atoms with van der Waals surface area (Å²) >= 11 is 0. The molecular formula is C6H13NO5S. The zero-order valence-corrected chi connectivity index (χ0v) is 8.30. The predicted octanol–water partition coefficient (Wildman–Crippen LogP) is -0.126. The van der Waals surface area contributed by atoms with Crippen LogP contribution in [0.5, 0.6) is 0 Å². The summed E-state index contributed by atoms with van der Waals surface area (Å²) in [6.07, 6.45) is 0. The molecule has 0 aliphatic carbocycles. The number of carbonyl (C=O) groups excluding carboxylic acids is 1. The van der Waals surface area contributed by atoms with E-state index < -0.39 is 16.3 Å². The maximum absolute atomic E-state index is 9.82. The third-order valence-corrected chi connectivity index (χ3v) is 1.22. The lowest BCUT2D eigenvalue weighted by Gasteiger charge is -1.88. The molecule has 6 nitrogen and oxygen atoms in total. The second kappa shape index (κ2) is 6.58. The van der Waals surface area contributed by atoms with Gasteiger partial charge in [0, 0.05) is 5.57 Å². The summed E-state index contributed by atoms with van der Waals surface area (Å²) in [5, 5.41) is 0. The minimum Gasteiger partial charge on any atom is -0.366 e. The van der Waals surface area contributed by atoms with Gasteiger partial charge in [0.05, 0.1) is 6.61 Å². The van der Waals surface area contributed by atoms with E-state index in [-0.39, 0.29) is 6.61 Å². The van der Waals surface area contributed by atoms with Crippen molar-refractivity contribution in [1.82, 2.24) is 0 Å². The molecule has 0 radical (unpaired) electrons. The molecule has 0 aromatic carbocycles. The summed E-state index contributed by atoms with van der Waals surface area (Å²) < 4.78 is 30.7. The lowest BCUT2D eigenvalue weighted by molar-refractivity contribution is -0.114. The molecule has 0 aliphatic rings. The molecule has 0 fully saturated rings. The summed E-state index contributed by atoms with van der Waals surface area (Å²) in [5.74, 6) is -0.435. The predicted molar refractivity (Wildman–Crippen MR) is 47.2 cm³/mol. The standard InChI is InChI=1S/C4H7NO.C2H6O4S/c1-3(2)4(5)6;1-2-6-7(3,4)5/h1H2,2H3,(H2,5,6);2H2,1H3,(H,3,4,5). The van der Waals surface area contributed by atoms with Gasteiger partial charge in [-0.3, -0.25) is 9.35 Å². The fourth-order valence-electron chi connectivity index (χ4n) is 0.149. The second-order valence-electron chi connectivity index (χ2n) is 1.98. The average Bonchev–Trinajstić information content (AvgIpc) is 1.85. The van der Waals surface area contributed by atoms with E-state index in [4.69, 9.17) is 10.3 Å². The Bertz CT molecular complexity index is 257. The van der Waals surface area contributed by atoms with Crippen LogP contribution >= 0.6 is 0 Å². The van der Waals surface area contributed by atoms with Crippen LogP contribution in [-0.2, 0) is 19.4 Å². The minimum absolute atomic E-state index is 0.0289. The highest BCUT2D eigenvalue weighted by atomic mass is 32.3. The van der Waals surface area contributed by atoms with E-state index in [1.165, 1.54) is 6.92 Å². The molecule has 0 heterocycles. The number of hydrogen-bond acceptors (Lipinski definition) is 4. The van der Waals surface area contributed by atoms with Crippen molar-refractivity contribution in [3.8, 4) is 0 Å². The SMILES string of the molecule is C=C(C)C(N)=O.CCOS(=O)(=O)O. The number of nitrogens with two attached hydrogens (primary N) is 1. The van der Waals surface area contributed by atoms with Gasteiger partial charge in [-0.05, 0) is 13.8 Å². The lowest BCUT2D eigenvalue weighted by atomic mass is 10.3. The smallest absolute Gasteiger partial charge is 0.366 e. The Kier molecular flexibility index (Phi) is 7.39. The summed E-state index contributed by atoms with van der Waals surface area (Å²) in [4.78, 5) is 9.82. The summed E-state index contributed by atoms with van der Waals surface area (Å²) in [6.45, 7) is 6.29. The van der Waals surface area contributed by atoms with E-state index in [1.54, 1.807) is 6.92 Å². The highest BCUT2D eigenvalue weighted by Crippen LogP contribution is 1.81. The van der Waals surface area contributed by atoms with Gasteiger partial charge in [-0.25, -0.2) is 4.18 Å². The van der Waals surface area contributed by atoms with Crippen LogP contribution in [-0.4, -0.2) is 25.5 Å². The fraction of sp³-hybridized carbons (Fsp3) is 0.500. The quantitative estimate of drug-likeness (QED) is 0.499. The van der Waals surface area contributed by atoms with Crippen molar-refractivity contribution in [2.24, 2.45) is 5.73 Å². The van der Waals surface area contributed by atoms with Crippen molar-refractivity contribution >= 4 is 16.3 Å². The molecule has 0 rings (SSSR count). The summed E-state index contributed by atoms with van der Waals surface area (Å²) in [7, 11) is -4.17. The van der Waals surface area contributed by atoms with Crippen molar-refractivity contribution in [2.75, 3.05) is 6.61 Å². The third-order valence-electron chi connectivity index (χ3n) is 0.687. The minimum atomic E-state index is -4.17. The third kappa shape index (κ3) is 18.2. The first-order chi connectivity index (χ1) is 5.70. The first-order valence-corrected chi connectivity index (χ1v) is 4.64. The molecule has 0 aliphatic heterocycles. The maximum Gasteiger partial charge on any atom is 0.397 e. The molecule has 0 unspecified atom stereocenters. The number of hydrogen-bond donors (Lipinski definition) is 2. The van der Waals surface area contributed by atoms with Gasteiger partial charge in [-0.2, -0.15) is 8.42 Å². The molecule has 78 valence electrons. The Morgan fingerprint density at radius 3 is 1.92 bits per heavy atom. The molecule has 13 heavy (non-hydrogen) atoms. The first kappa shape index (κ1) is 14.6. The summed E-state index contributed by atoms with van der Waals surface area (Å²) in [6, 6.07) is 0. The van der Waals surface area contributed by atoms with Crippen molar-refractivity contribution < 1.29 is 21.9 Å². The molecule has 0 aromatic heterocycles. The number of amides is 1. The summed E-state index contributed by atoms with van der Waals surface area (Å²) in [5.41, 5.74) is 5.09. The molecule has 0 spiro atoms. The molecule has 0 bridgehead atoms. The van der Waals surface area contributed by atoms with Crippen molar-refractivity contribution in [3.63, 3.8) is 0 Å². The van der Waals surface area contributed by atoms with Gasteiger partial charge >= 0.3 is 10.4 Å². The highest BCUT2D eigenvalue weighted by molar-refractivity contribution is 7.80. The molecule has 3 N–H and O–H groups in total. The van der Waals surface area contributed by atoms with Crippen LogP contribution in [0.4, 0.5) is 0 Å². The van der Waals surface area contributed by atoms with Gasteiger partial charge in [0.2, 0.25) is 5.91 Å². The maximum atomic E-state index is 9.82. The van der Waals surface area contributed by atoms with Gasteiger partial charge in [-0.15, -0.1) is 0 Å². The number of primary amides is 1. The van der Waals surface area contributed by atoms with Crippen LogP contribution in [0, 0.1) is 0 Å². The molecule has 7 heteroatoms. The fourth-order valence-corrected chi connectivity index (χ4v) is 0.447. The molecule has 1 amide bonds. The van der Waals surface area contributed by atoms with Crippen LogP contribution in [0.2, 0.25) is 0 Å². The topological polar surface area (TPSA) is 107 Å². The Hall–Kier alpha value is -0.920. The molecule has 0 atom stereocenters. The normalized spacial score (nSPS) is 9.77. The van der Waals surface area contributed by atoms with Crippen LogP contribution in [0.15, 0.2) is 12.2 Å². The van der Waals surface area contributed by atoms with Crippen molar-refractivity contribution in [2.45, 2.75) is 13.8 Å². The lowest BCUT2D eigenvalue weighted by Crippen LogP contribution is -2.10. The average molecular weight is 211 g/mol. The second-order valence-corrected chi connectivity index (χ2v) is 3.07. The van der Waals surface area contributed by atoms with Crippen molar-refractivity contribution in [1.29, 1.82) is 0 Å². The van der Waals surface area contributed by atoms with Gasteiger partial charge in [0.1, 0.15) is 0 Å². The van der Waals surface area contributed by atoms with Crippen LogP contribution in [0.3, 0.4) is 0 Å². The Labute approximate surface area is 77.3 Å². The highest BCUT2D eigenvalue weighted by Gasteiger charge is 1.98. The molecule has 0 saturated heterocycles. The van der Waals surface area contributed by atoms with Crippen LogP contribution in [0.25, 0.3) is 0 Å². The molecular weight excluding hydrogens is 198 g/mol. The molecule has 0 saturated carbocycles. The van der Waals surface area contributed by atoms with E-state index >= 15 is 0 Å². The number of carbonyl (C=O) groups is 1.